The van der Waals surface area contributed by atoms with Crippen LogP contribution in [0.5, 0.6) is 0 Å². The highest BCUT2D eigenvalue weighted by Gasteiger charge is 2.62. The highest BCUT2D eigenvalue weighted by molar-refractivity contribution is 5.83. The molecule has 0 spiro atoms. The standard InChI is InChI=1S/C32H42N6O3/c1-16(2)22-25-27-21(9-7-15-34-27)38(31(25)37(5)28(22)17(3)39)19-12-10-18(11-13-19)23-24-26-20(8-6-14-33-26)35-30(24)36(4)29(23)32(40)41/h6,8,10-14,16,21-25,27-31,34-35H,7,9,15H2,1-5H3,(H,40,41). The zero-order valence-electron chi connectivity index (χ0n) is 24.6. The number of piperidine rings is 1. The third kappa shape index (κ3) is 3.81. The Hall–Kier alpha value is -3.01. The molecule has 5 aliphatic rings. The summed E-state index contributed by atoms with van der Waals surface area (Å²) in [5, 5.41) is 17.7. The number of Topliss-reactive ketones (excluding diaryl/α,β-unsaturated/α-hetero) is 1. The smallest absolute Gasteiger partial charge is 0.321 e. The number of benzene rings is 1. The van der Waals surface area contributed by atoms with Crippen molar-refractivity contribution in [2.75, 3.05) is 30.9 Å². The Labute approximate surface area is 242 Å². The average Bonchev–Trinajstić information content (AvgIpc) is 3.65. The third-order valence-electron chi connectivity index (χ3n) is 11.0. The molecule has 5 aliphatic heterocycles. The maximum atomic E-state index is 12.9. The molecule has 0 amide bonds. The third-order valence-corrected chi connectivity index (χ3v) is 11.0. The van der Waals surface area contributed by atoms with E-state index in [0.29, 0.717) is 29.8 Å². The molecule has 0 radical (unpaired) electrons. The fourth-order valence-electron chi connectivity index (χ4n) is 9.57. The van der Waals surface area contributed by atoms with Crippen LogP contribution in [0.1, 0.15) is 56.7 Å². The van der Waals surface area contributed by atoms with Gasteiger partial charge in [0.25, 0.3) is 0 Å². The van der Waals surface area contributed by atoms with E-state index < -0.39 is 12.0 Å². The summed E-state index contributed by atoms with van der Waals surface area (Å²) < 4.78 is 0. The molecule has 2 aromatic rings. The van der Waals surface area contributed by atoms with E-state index in [1.807, 2.05) is 24.1 Å². The lowest BCUT2D eigenvalue weighted by atomic mass is 9.75. The van der Waals surface area contributed by atoms with Gasteiger partial charge in [-0.15, -0.1) is 0 Å². The Kier molecular flexibility index (Phi) is 6.41. The second kappa shape index (κ2) is 9.78. The van der Waals surface area contributed by atoms with Crippen LogP contribution in [-0.4, -0.2) is 88.8 Å². The number of carboxylic acids is 1. The minimum absolute atomic E-state index is 0.0460. The van der Waals surface area contributed by atoms with Crippen LogP contribution in [0.3, 0.4) is 0 Å². The highest BCUT2D eigenvalue weighted by Crippen LogP contribution is 2.54. The molecule has 1 aromatic carbocycles. The summed E-state index contributed by atoms with van der Waals surface area (Å²) in [4.78, 5) is 37.1. The topological polar surface area (TPSA) is 101 Å². The Morgan fingerprint density at radius 3 is 2.49 bits per heavy atom. The molecule has 1 aromatic heterocycles. The highest BCUT2D eigenvalue weighted by atomic mass is 16.4. The number of anilines is 2. The van der Waals surface area contributed by atoms with Gasteiger partial charge >= 0.3 is 5.97 Å². The van der Waals surface area contributed by atoms with Gasteiger partial charge in [0, 0.05) is 41.7 Å². The first-order chi connectivity index (χ1) is 19.7. The van der Waals surface area contributed by atoms with Gasteiger partial charge < -0.3 is 20.6 Å². The molecule has 4 fully saturated rings. The maximum Gasteiger partial charge on any atom is 0.321 e. The van der Waals surface area contributed by atoms with Crippen LogP contribution in [0.15, 0.2) is 42.6 Å². The van der Waals surface area contributed by atoms with Crippen molar-refractivity contribution in [3.05, 3.63) is 53.9 Å². The number of carbonyl (C=O) groups is 2. The molecule has 0 saturated carbocycles. The Bertz CT molecular complexity index is 1350. The van der Waals surface area contributed by atoms with Gasteiger partial charge in [0.05, 0.1) is 29.8 Å². The zero-order chi connectivity index (χ0) is 28.7. The molecule has 3 N–H and O–H groups in total. The van der Waals surface area contributed by atoms with Crippen LogP contribution >= 0.6 is 0 Å². The summed E-state index contributed by atoms with van der Waals surface area (Å²) in [5.41, 5.74) is 4.11. The summed E-state index contributed by atoms with van der Waals surface area (Å²) in [6, 6.07) is 12.6. The second-order valence-corrected chi connectivity index (χ2v) is 13.2. The number of ketones is 1. The van der Waals surface area contributed by atoms with E-state index in [4.69, 9.17) is 0 Å². The molecule has 10 atom stereocenters. The Balaban J connectivity index is 1.26. The quantitative estimate of drug-likeness (QED) is 0.511. The number of fused-ring (bicyclic) bond motifs is 6. The molecule has 4 saturated heterocycles. The maximum absolute atomic E-state index is 12.9. The van der Waals surface area contributed by atoms with Crippen molar-refractivity contribution in [1.29, 1.82) is 0 Å². The minimum Gasteiger partial charge on any atom is -0.480 e. The average molecular weight is 559 g/mol. The van der Waals surface area contributed by atoms with Crippen molar-refractivity contribution >= 4 is 23.1 Å². The second-order valence-electron chi connectivity index (χ2n) is 13.2. The SMILES string of the molecule is CC(=O)C1C(C(C)C)C2C3NCCCC3N(c3ccc(C4C5c6ncccc6NC5N(C)C4C(=O)O)cc3)C2N1C. The van der Waals surface area contributed by atoms with Gasteiger partial charge in [-0.05, 0) is 82.1 Å². The van der Waals surface area contributed by atoms with E-state index in [2.05, 4.69) is 70.6 Å². The molecule has 218 valence electrons. The van der Waals surface area contributed by atoms with Crippen molar-refractivity contribution in [2.45, 2.75) is 81.9 Å². The number of carbonyl (C=O) groups excluding carboxylic acids is 1. The monoisotopic (exact) mass is 558 g/mol. The molecule has 9 heteroatoms. The van der Waals surface area contributed by atoms with Crippen LogP contribution in [0.2, 0.25) is 0 Å². The fraction of sp³-hybridized carbons (Fsp3) is 0.594. The van der Waals surface area contributed by atoms with Gasteiger partial charge in [-0.3, -0.25) is 24.4 Å². The van der Waals surface area contributed by atoms with Crippen LogP contribution < -0.4 is 15.5 Å². The number of carboxylic acid groups (broad SMARTS) is 1. The number of hydrogen-bond acceptors (Lipinski definition) is 8. The number of nitrogens with zero attached hydrogens (tertiary/aromatic N) is 4. The number of aromatic nitrogens is 1. The van der Waals surface area contributed by atoms with E-state index in [0.717, 1.165) is 42.0 Å². The van der Waals surface area contributed by atoms with Crippen molar-refractivity contribution in [3.63, 3.8) is 0 Å². The largest absolute Gasteiger partial charge is 0.480 e. The lowest BCUT2D eigenvalue weighted by Crippen LogP contribution is -2.54. The zero-order valence-corrected chi connectivity index (χ0v) is 24.6. The van der Waals surface area contributed by atoms with Crippen molar-refractivity contribution in [1.82, 2.24) is 20.1 Å². The van der Waals surface area contributed by atoms with E-state index in [-0.39, 0.29) is 36.0 Å². The van der Waals surface area contributed by atoms with E-state index in [9.17, 15) is 14.7 Å². The number of aliphatic carboxylic acids is 1. The first-order valence-electron chi connectivity index (χ1n) is 15.2. The van der Waals surface area contributed by atoms with Crippen molar-refractivity contribution in [3.8, 4) is 0 Å². The van der Waals surface area contributed by atoms with Gasteiger partial charge in [-0.25, -0.2) is 0 Å². The van der Waals surface area contributed by atoms with Crippen molar-refractivity contribution < 1.29 is 14.7 Å². The number of rotatable bonds is 5. The number of likely N-dealkylation sites (tertiary alicyclic amines) is 2. The van der Waals surface area contributed by atoms with Gasteiger partial charge in [0.2, 0.25) is 0 Å². The van der Waals surface area contributed by atoms with E-state index in [1.54, 1.807) is 13.1 Å². The summed E-state index contributed by atoms with van der Waals surface area (Å²) in [6.45, 7) is 7.30. The molecule has 6 heterocycles. The predicted octanol–water partition coefficient (Wildman–Crippen LogP) is 3.16. The predicted molar refractivity (Wildman–Crippen MR) is 158 cm³/mol. The molecular weight excluding hydrogens is 516 g/mol. The number of hydrogen-bond donors (Lipinski definition) is 3. The summed E-state index contributed by atoms with van der Waals surface area (Å²) in [5.74, 6) is 0.247. The minimum atomic E-state index is -0.809. The van der Waals surface area contributed by atoms with Gasteiger partial charge in [-0.2, -0.15) is 0 Å². The molecule has 7 rings (SSSR count). The van der Waals surface area contributed by atoms with Crippen LogP contribution in [0.4, 0.5) is 11.4 Å². The number of pyridine rings is 1. The lowest BCUT2D eigenvalue weighted by molar-refractivity contribution is -0.142. The van der Waals surface area contributed by atoms with Crippen LogP contribution in [0.25, 0.3) is 0 Å². The summed E-state index contributed by atoms with van der Waals surface area (Å²) in [6.07, 6.45) is 4.10. The molecule has 0 bridgehead atoms. The van der Waals surface area contributed by atoms with E-state index >= 15 is 0 Å². The first-order valence-corrected chi connectivity index (χ1v) is 15.2. The summed E-state index contributed by atoms with van der Waals surface area (Å²) in [7, 11) is 4.03. The number of nitrogens with one attached hydrogen (secondary N) is 2. The van der Waals surface area contributed by atoms with Crippen molar-refractivity contribution in [2.24, 2.45) is 17.8 Å². The van der Waals surface area contributed by atoms with Crippen LogP contribution in [-0.2, 0) is 9.59 Å². The fourth-order valence-corrected chi connectivity index (χ4v) is 9.57. The van der Waals surface area contributed by atoms with Gasteiger partial charge in [0.1, 0.15) is 11.8 Å². The van der Waals surface area contributed by atoms with E-state index in [1.165, 1.54) is 0 Å². The first kappa shape index (κ1) is 26.9. The summed E-state index contributed by atoms with van der Waals surface area (Å²) >= 11 is 0. The molecule has 0 aliphatic carbocycles. The normalized spacial score (nSPS) is 38.0. The molecule has 10 unspecified atom stereocenters. The number of likely N-dealkylation sites (N-methyl/N-ethyl adjacent to an activating group) is 2. The van der Waals surface area contributed by atoms with Gasteiger partial charge in [-0.1, -0.05) is 26.0 Å². The Morgan fingerprint density at radius 1 is 1.05 bits per heavy atom. The molecule has 9 nitrogen and oxygen atoms in total. The Morgan fingerprint density at radius 2 is 1.80 bits per heavy atom. The van der Waals surface area contributed by atoms with Gasteiger partial charge in [0.15, 0.2) is 0 Å². The van der Waals surface area contributed by atoms with Crippen LogP contribution in [0, 0.1) is 17.8 Å². The molecule has 41 heavy (non-hydrogen) atoms. The molecular formula is C32H42N6O3. The lowest BCUT2D eigenvalue weighted by Gasteiger charge is -2.40.